The smallest absolute Gasteiger partial charge is 0.339 e. The Balaban J connectivity index is 2.39. The molecule has 3 N–H and O–H groups in total. The van der Waals surface area contributed by atoms with Crippen molar-refractivity contribution in [2.75, 3.05) is 11.3 Å². The van der Waals surface area contributed by atoms with Gasteiger partial charge in [0, 0.05) is 6.07 Å². The van der Waals surface area contributed by atoms with Crippen molar-refractivity contribution < 1.29 is 23.1 Å². The average Bonchev–Trinajstić information content (AvgIpc) is 2.91. The normalized spacial score (nSPS) is 11.1. The number of carbonyl (C=O) groups is 1. The zero-order valence-corrected chi connectivity index (χ0v) is 11.8. The summed E-state index contributed by atoms with van der Waals surface area (Å²) in [5.74, 6) is -0.969. The Bertz CT molecular complexity index is 740. The standard InChI is InChI=1S/C12H13N3O5S/c1-2-20-10-4-3-8(7-9(10)12(16)17)21(18,19)15-11-5-6-13-14-11/h3-7H,2H2,1H3,(H,16,17)(H2,13,14,15). The van der Waals surface area contributed by atoms with Crippen LogP contribution >= 0.6 is 0 Å². The lowest BCUT2D eigenvalue weighted by atomic mass is 10.2. The van der Waals surface area contributed by atoms with Gasteiger partial charge in [0.15, 0.2) is 0 Å². The summed E-state index contributed by atoms with van der Waals surface area (Å²) < 4.78 is 31.7. The maximum atomic E-state index is 12.2. The summed E-state index contributed by atoms with van der Waals surface area (Å²) in [6, 6.07) is 5.07. The zero-order valence-electron chi connectivity index (χ0n) is 11.0. The number of hydrogen-bond acceptors (Lipinski definition) is 5. The van der Waals surface area contributed by atoms with Gasteiger partial charge in [-0.15, -0.1) is 0 Å². The number of nitrogens with one attached hydrogen (secondary N) is 2. The molecule has 0 saturated heterocycles. The Labute approximate surface area is 120 Å². The van der Waals surface area contributed by atoms with Crippen LogP contribution in [-0.2, 0) is 10.0 Å². The molecule has 0 radical (unpaired) electrons. The third kappa shape index (κ3) is 3.31. The number of carboxylic acids is 1. The summed E-state index contributed by atoms with van der Waals surface area (Å²) in [5, 5.41) is 15.2. The van der Waals surface area contributed by atoms with Crippen molar-refractivity contribution in [3.8, 4) is 5.75 Å². The van der Waals surface area contributed by atoms with Gasteiger partial charge in [0.2, 0.25) is 0 Å². The lowest BCUT2D eigenvalue weighted by molar-refractivity contribution is 0.0692. The van der Waals surface area contributed by atoms with Crippen LogP contribution in [-0.4, -0.2) is 36.3 Å². The number of H-pyrrole nitrogens is 1. The number of aromatic amines is 1. The highest BCUT2D eigenvalue weighted by Crippen LogP contribution is 2.24. The molecule has 0 atom stereocenters. The molecule has 0 saturated carbocycles. The molecule has 1 aromatic carbocycles. The summed E-state index contributed by atoms with van der Waals surface area (Å²) in [7, 11) is -3.91. The van der Waals surface area contributed by atoms with E-state index in [0.717, 1.165) is 6.07 Å². The fraction of sp³-hybridized carbons (Fsp3) is 0.167. The van der Waals surface area contributed by atoms with Gasteiger partial charge in [-0.2, -0.15) is 5.10 Å². The Morgan fingerprint density at radius 2 is 2.19 bits per heavy atom. The molecule has 9 heteroatoms. The second kappa shape index (κ2) is 5.83. The van der Waals surface area contributed by atoms with Crippen LogP contribution in [0.25, 0.3) is 0 Å². The molecule has 2 rings (SSSR count). The molecule has 1 aromatic heterocycles. The van der Waals surface area contributed by atoms with Crippen molar-refractivity contribution in [2.24, 2.45) is 0 Å². The largest absolute Gasteiger partial charge is 0.493 e. The number of rotatable bonds is 6. The number of hydrogen-bond donors (Lipinski definition) is 3. The predicted molar refractivity (Wildman–Crippen MR) is 74.0 cm³/mol. The van der Waals surface area contributed by atoms with E-state index in [2.05, 4.69) is 14.9 Å². The van der Waals surface area contributed by atoms with Crippen molar-refractivity contribution in [1.82, 2.24) is 10.2 Å². The van der Waals surface area contributed by atoms with Gasteiger partial charge < -0.3 is 9.84 Å². The van der Waals surface area contributed by atoms with E-state index in [1.807, 2.05) is 0 Å². The minimum absolute atomic E-state index is 0.116. The molecule has 0 aliphatic heterocycles. The fourth-order valence-corrected chi connectivity index (χ4v) is 2.68. The second-order valence-electron chi connectivity index (χ2n) is 3.97. The second-order valence-corrected chi connectivity index (χ2v) is 5.65. The number of aromatic carboxylic acids is 1. The Morgan fingerprint density at radius 3 is 2.76 bits per heavy atom. The van der Waals surface area contributed by atoms with E-state index in [4.69, 9.17) is 9.84 Å². The molecule has 0 amide bonds. The van der Waals surface area contributed by atoms with E-state index in [0.29, 0.717) is 0 Å². The summed E-state index contributed by atoms with van der Waals surface area (Å²) in [6.45, 7) is 1.98. The average molecular weight is 311 g/mol. The van der Waals surface area contributed by atoms with E-state index >= 15 is 0 Å². The first-order chi connectivity index (χ1) is 9.94. The molecule has 0 aliphatic rings. The van der Waals surface area contributed by atoms with Crippen LogP contribution in [0.15, 0.2) is 35.4 Å². The molecule has 0 unspecified atom stereocenters. The lowest BCUT2D eigenvalue weighted by Gasteiger charge is -2.10. The van der Waals surface area contributed by atoms with Gasteiger partial charge in [0.1, 0.15) is 17.1 Å². The third-order valence-electron chi connectivity index (χ3n) is 2.54. The van der Waals surface area contributed by atoms with E-state index in [1.165, 1.54) is 24.4 Å². The number of sulfonamides is 1. The Hall–Kier alpha value is -2.55. The van der Waals surface area contributed by atoms with Crippen molar-refractivity contribution >= 4 is 21.8 Å². The highest BCUT2D eigenvalue weighted by molar-refractivity contribution is 7.92. The molecule has 1 heterocycles. The molecule has 21 heavy (non-hydrogen) atoms. The number of aromatic nitrogens is 2. The van der Waals surface area contributed by atoms with Crippen molar-refractivity contribution in [3.05, 3.63) is 36.0 Å². The van der Waals surface area contributed by atoms with Gasteiger partial charge in [-0.05, 0) is 25.1 Å². The van der Waals surface area contributed by atoms with Gasteiger partial charge >= 0.3 is 5.97 Å². The maximum absolute atomic E-state index is 12.2. The number of anilines is 1. The van der Waals surface area contributed by atoms with Gasteiger partial charge in [0.05, 0.1) is 17.7 Å². The summed E-state index contributed by atoms with van der Waals surface area (Å²) >= 11 is 0. The first-order valence-electron chi connectivity index (χ1n) is 5.96. The van der Waals surface area contributed by atoms with E-state index in [-0.39, 0.29) is 28.6 Å². The van der Waals surface area contributed by atoms with Crippen molar-refractivity contribution in [3.63, 3.8) is 0 Å². The Morgan fingerprint density at radius 1 is 1.43 bits per heavy atom. The van der Waals surface area contributed by atoms with Gasteiger partial charge in [-0.3, -0.25) is 9.82 Å². The highest BCUT2D eigenvalue weighted by atomic mass is 32.2. The van der Waals surface area contributed by atoms with Crippen molar-refractivity contribution in [1.29, 1.82) is 0 Å². The minimum atomic E-state index is -3.91. The molecule has 0 bridgehead atoms. The molecule has 112 valence electrons. The monoisotopic (exact) mass is 311 g/mol. The molecule has 0 spiro atoms. The van der Waals surface area contributed by atoms with Gasteiger partial charge in [0.25, 0.3) is 10.0 Å². The zero-order chi connectivity index (χ0) is 15.5. The predicted octanol–water partition coefficient (Wildman–Crippen LogP) is 1.31. The number of carboxylic acid groups (broad SMARTS) is 1. The molecule has 0 fully saturated rings. The topological polar surface area (TPSA) is 121 Å². The number of benzene rings is 1. The van der Waals surface area contributed by atoms with Crippen LogP contribution in [0.2, 0.25) is 0 Å². The number of nitrogens with zero attached hydrogens (tertiary/aromatic N) is 1. The van der Waals surface area contributed by atoms with Crippen LogP contribution in [0.3, 0.4) is 0 Å². The third-order valence-corrected chi connectivity index (χ3v) is 3.90. The number of ether oxygens (including phenoxy) is 1. The maximum Gasteiger partial charge on any atom is 0.339 e. The molecular weight excluding hydrogens is 298 g/mol. The van der Waals surface area contributed by atoms with Gasteiger partial charge in [-0.25, -0.2) is 13.2 Å². The first kappa shape index (κ1) is 14.9. The SMILES string of the molecule is CCOc1ccc(S(=O)(=O)Nc2ccn[nH]2)cc1C(=O)O. The fourth-order valence-electron chi connectivity index (χ4n) is 1.64. The summed E-state index contributed by atoms with van der Waals surface area (Å²) in [5.41, 5.74) is -0.218. The van der Waals surface area contributed by atoms with E-state index < -0.39 is 16.0 Å². The first-order valence-corrected chi connectivity index (χ1v) is 7.44. The van der Waals surface area contributed by atoms with Crippen LogP contribution in [0.4, 0.5) is 5.82 Å². The van der Waals surface area contributed by atoms with Crippen LogP contribution in [0, 0.1) is 0 Å². The van der Waals surface area contributed by atoms with Crippen molar-refractivity contribution in [2.45, 2.75) is 11.8 Å². The molecule has 8 nitrogen and oxygen atoms in total. The molecular formula is C12H13N3O5S. The lowest BCUT2D eigenvalue weighted by Crippen LogP contribution is -2.14. The summed E-state index contributed by atoms with van der Waals surface area (Å²) in [6.07, 6.45) is 1.39. The van der Waals surface area contributed by atoms with Gasteiger partial charge in [-0.1, -0.05) is 0 Å². The van der Waals surface area contributed by atoms with Crippen LogP contribution in [0.5, 0.6) is 5.75 Å². The summed E-state index contributed by atoms with van der Waals surface area (Å²) in [4.78, 5) is 11.0. The van der Waals surface area contributed by atoms with E-state index in [1.54, 1.807) is 6.92 Å². The van der Waals surface area contributed by atoms with Crippen LogP contribution in [0.1, 0.15) is 17.3 Å². The quantitative estimate of drug-likeness (QED) is 0.739. The molecule has 2 aromatic rings. The minimum Gasteiger partial charge on any atom is -0.493 e. The van der Waals surface area contributed by atoms with Crippen LogP contribution < -0.4 is 9.46 Å². The van der Waals surface area contributed by atoms with E-state index in [9.17, 15) is 13.2 Å². The Kier molecular flexibility index (Phi) is 4.13. The molecule has 0 aliphatic carbocycles. The highest BCUT2D eigenvalue weighted by Gasteiger charge is 2.20.